The van der Waals surface area contributed by atoms with Crippen LogP contribution in [0.2, 0.25) is 0 Å². The molecule has 1 aliphatic rings. The zero-order valence-electron chi connectivity index (χ0n) is 12.5. The van der Waals surface area contributed by atoms with Crippen molar-refractivity contribution in [2.45, 2.75) is 39.3 Å². The van der Waals surface area contributed by atoms with Gasteiger partial charge in [-0.1, -0.05) is 25.1 Å². The highest BCUT2D eigenvalue weighted by molar-refractivity contribution is 5.93. The van der Waals surface area contributed by atoms with Crippen LogP contribution in [-0.4, -0.2) is 25.2 Å². The average molecular weight is 276 g/mol. The molecule has 1 saturated heterocycles. The lowest BCUT2D eigenvalue weighted by Crippen LogP contribution is -2.29. The molecular weight excluding hydrogens is 252 g/mol. The summed E-state index contributed by atoms with van der Waals surface area (Å²) in [6, 6.07) is 8.18. The molecule has 2 rings (SSSR count). The molecule has 0 spiro atoms. The number of hydrogen-bond donors (Lipinski definition) is 2. The van der Waals surface area contributed by atoms with Crippen molar-refractivity contribution in [1.29, 1.82) is 0 Å². The van der Waals surface area contributed by atoms with E-state index in [0.717, 1.165) is 24.2 Å². The van der Waals surface area contributed by atoms with Gasteiger partial charge in [0.05, 0.1) is 12.0 Å². The van der Waals surface area contributed by atoms with Crippen molar-refractivity contribution >= 4 is 11.6 Å². The molecule has 0 aliphatic carbocycles. The Hall–Kier alpha value is -1.39. The maximum absolute atomic E-state index is 12.3. The molecule has 1 aromatic rings. The number of carbonyl (C=O) groups is 1. The average Bonchev–Trinajstić information content (AvgIpc) is 2.86. The van der Waals surface area contributed by atoms with Gasteiger partial charge in [-0.3, -0.25) is 4.79 Å². The lowest BCUT2D eigenvalue weighted by Gasteiger charge is -2.20. The number of para-hydroxylation sites is 1. The molecule has 1 amide bonds. The van der Waals surface area contributed by atoms with E-state index in [1.54, 1.807) is 0 Å². The second-order valence-electron chi connectivity index (χ2n) is 5.33. The molecule has 20 heavy (non-hydrogen) atoms. The van der Waals surface area contributed by atoms with E-state index in [1.807, 2.05) is 25.1 Å². The number of hydrogen-bond acceptors (Lipinski definition) is 3. The lowest BCUT2D eigenvalue weighted by atomic mass is 10.0. The molecular formula is C16H24N2O2. The first-order chi connectivity index (χ1) is 9.63. The van der Waals surface area contributed by atoms with Gasteiger partial charge in [-0.05, 0) is 38.4 Å². The van der Waals surface area contributed by atoms with Crippen molar-refractivity contribution < 1.29 is 9.53 Å². The number of anilines is 1. The summed E-state index contributed by atoms with van der Waals surface area (Å²) in [6.07, 6.45) is 0.811. The molecule has 4 heteroatoms. The molecule has 110 valence electrons. The van der Waals surface area contributed by atoms with Crippen LogP contribution < -0.4 is 10.6 Å². The first-order valence-electron chi connectivity index (χ1n) is 7.38. The van der Waals surface area contributed by atoms with E-state index in [-0.39, 0.29) is 24.0 Å². The van der Waals surface area contributed by atoms with E-state index >= 15 is 0 Å². The summed E-state index contributed by atoms with van der Waals surface area (Å²) in [7, 11) is 0. The van der Waals surface area contributed by atoms with E-state index < -0.39 is 0 Å². The summed E-state index contributed by atoms with van der Waals surface area (Å²) in [4.78, 5) is 12.3. The van der Waals surface area contributed by atoms with Crippen LogP contribution in [0.15, 0.2) is 24.3 Å². The summed E-state index contributed by atoms with van der Waals surface area (Å²) in [5.74, 6) is 0.0173. The van der Waals surface area contributed by atoms with Gasteiger partial charge in [-0.15, -0.1) is 0 Å². The van der Waals surface area contributed by atoms with Crippen LogP contribution in [0.4, 0.5) is 5.69 Å². The van der Waals surface area contributed by atoms with Crippen molar-refractivity contribution in [3.05, 3.63) is 29.8 Å². The summed E-state index contributed by atoms with van der Waals surface area (Å²) in [6.45, 7) is 7.72. The molecule has 1 fully saturated rings. The molecule has 2 N–H and O–H groups in total. The lowest BCUT2D eigenvalue weighted by molar-refractivity contribution is -0.121. The highest BCUT2D eigenvalue weighted by Gasteiger charge is 2.31. The number of benzene rings is 1. The van der Waals surface area contributed by atoms with Crippen LogP contribution in [0.3, 0.4) is 0 Å². The SMILES string of the molecule is CCNC(C)c1ccccc1NC(=O)C1CCOC1C. The molecule has 1 aromatic carbocycles. The Morgan fingerprint density at radius 1 is 1.45 bits per heavy atom. The van der Waals surface area contributed by atoms with Gasteiger partial charge in [-0.25, -0.2) is 0 Å². The zero-order chi connectivity index (χ0) is 14.5. The molecule has 1 heterocycles. The van der Waals surface area contributed by atoms with Gasteiger partial charge < -0.3 is 15.4 Å². The Kier molecular flexibility index (Phi) is 5.15. The molecule has 3 unspecified atom stereocenters. The number of ether oxygens (including phenoxy) is 1. The summed E-state index contributed by atoms with van der Waals surface area (Å²) >= 11 is 0. The van der Waals surface area contributed by atoms with Gasteiger partial charge in [0, 0.05) is 18.3 Å². The predicted octanol–water partition coefficient (Wildman–Crippen LogP) is 2.72. The third-order valence-electron chi connectivity index (χ3n) is 3.91. The number of carbonyl (C=O) groups excluding carboxylic acids is 1. The highest BCUT2D eigenvalue weighted by Crippen LogP contribution is 2.26. The van der Waals surface area contributed by atoms with Crippen molar-refractivity contribution in [3.8, 4) is 0 Å². The standard InChI is InChI=1S/C16H24N2O2/c1-4-17-11(2)13-7-5-6-8-15(13)18-16(19)14-9-10-20-12(14)3/h5-8,11-12,14,17H,4,9-10H2,1-3H3,(H,18,19). The van der Waals surface area contributed by atoms with E-state index in [0.29, 0.717) is 6.61 Å². The Balaban J connectivity index is 2.10. The van der Waals surface area contributed by atoms with Crippen molar-refractivity contribution in [2.24, 2.45) is 5.92 Å². The van der Waals surface area contributed by atoms with E-state index in [1.165, 1.54) is 0 Å². The Labute approximate surface area is 120 Å². The number of rotatable bonds is 5. The fraction of sp³-hybridized carbons (Fsp3) is 0.562. The van der Waals surface area contributed by atoms with E-state index in [9.17, 15) is 4.79 Å². The van der Waals surface area contributed by atoms with Crippen LogP contribution in [0, 0.1) is 5.92 Å². The van der Waals surface area contributed by atoms with Gasteiger partial charge in [0.25, 0.3) is 0 Å². The van der Waals surface area contributed by atoms with Gasteiger partial charge in [0.15, 0.2) is 0 Å². The first kappa shape index (κ1) is 15.0. The van der Waals surface area contributed by atoms with E-state index in [2.05, 4.69) is 30.5 Å². The van der Waals surface area contributed by atoms with Crippen molar-refractivity contribution in [3.63, 3.8) is 0 Å². The van der Waals surface area contributed by atoms with Crippen LogP contribution in [0.25, 0.3) is 0 Å². The maximum atomic E-state index is 12.3. The van der Waals surface area contributed by atoms with Gasteiger partial charge >= 0.3 is 0 Å². The molecule has 3 atom stereocenters. The minimum Gasteiger partial charge on any atom is -0.378 e. The smallest absolute Gasteiger partial charge is 0.230 e. The highest BCUT2D eigenvalue weighted by atomic mass is 16.5. The molecule has 0 aromatic heterocycles. The van der Waals surface area contributed by atoms with E-state index in [4.69, 9.17) is 4.74 Å². The molecule has 1 aliphatic heterocycles. The van der Waals surface area contributed by atoms with Crippen molar-refractivity contribution in [2.75, 3.05) is 18.5 Å². The molecule has 0 bridgehead atoms. The molecule has 0 saturated carbocycles. The van der Waals surface area contributed by atoms with Crippen molar-refractivity contribution in [1.82, 2.24) is 5.32 Å². The number of amides is 1. The topological polar surface area (TPSA) is 50.4 Å². The zero-order valence-corrected chi connectivity index (χ0v) is 12.5. The van der Waals surface area contributed by atoms with Crippen LogP contribution >= 0.6 is 0 Å². The summed E-state index contributed by atoms with van der Waals surface area (Å²) in [5.41, 5.74) is 2.01. The Bertz CT molecular complexity index is 462. The van der Waals surface area contributed by atoms with Gasteiger partial charge in [0.1, 0.15) is 0 Å². The predicted molar refractivity (Wildman–Crippen MR) is 80.7 cm³/mol. The summed E-state index contributed by atoms with van der Waals surface area (Å²) in [5, 5.41) is 6.44. The molecule has 0 radical (unpaired) electrons. The second-order valence-corrected chi connectivity index (χ2v) is 5.33. The first-order valence-corrected chi connectivity index (χ1v) is 7.38. The fourth-order valence-corrected chi connectivity index (χ4v) is 2.71. The minimum atomic E-state index is -0.0440. The quantitative estimate of drug-likeness (QED) is 0.869. The minimum absolute atomic E-state index is 0.00773. The van der Waals surface area contributed by atoms with Gasteiger partial charge in [0.2, 0.25) is 5.91 Å². The third-order valence-corrected chi connectivity index (χ3v) is 3.91. The van der Waals surface area contributed by atoms with Crippen LogP contribution in [-0.2, 0) is 9.53 Å². The van der Waals surface area contributed by atoms with Gasteiger partial charge in [-0.2, -0.15) is 0 Å². The van der Waals surface area contributed by atoms with Crippen LogP contribution in [0.1, 0.15) is 38.8 Å². The third kappa shape index (κ3) is 3.38. The maximum Gasteiger partial charge on any atom is 0.230 e. The number of nitrogens with one attached hydrogen (secondary N) is 2. The normalized spacial score (nSPS) is 23.6. The summed E-state index contributed by atoms with van der Waals surface area (Å²) < 4.78 is 5.47. The Morgan fingerprint density at radius 3 is 2.85 bits per heavy atom. The molecule has 4 nitrogen and oxygen atoms in total. The Morgan fingerprint density at radius 2 is 2.20 bits per heavy atom. The largest absolute Gasteiger partial charge is 0.378 e. The second kappa shape index (κ2) is 6.86. The van der Waals surface area contributed by atoms with Crippen LogP contribution in [0.5, 0.6) is 0 Å². The monoisotopic (exact) mass is 276 g/mol. The fourth-order valence-electron chi connectivity index (χ4n) is 2.71.